The Labute approximate surface area is 186 Å². The van der Waals surface area contributed by atoms with Crippen LogP contribution < -0.4 is 10.9 Å². The molecule has 6 rings (SSSR count). The molecule has 3 aliphatic rings. The summed E-state index contributed by atoms with van der Waals surface area (Å²) in [5.41, 5.74) is 3.13. The topological polar surface area (TPSA) is 54.3 Å². The Hall–Kier alpha value is -2.89. The number of halogens is 1. The van der Waals surface area contributed by atoms with E-state index in [2.05, 4.69) is 10.2 Å². The number of hydrogen-bond acceptors (Lipinski definition) is 3. The molecule has 5 nitrogen and oxygen atoms in total. The Kier molecular flexibility index (Phi) is 5.38. The lowest BCUT2D eigenvalue weighted by molar-refractivity contribution is 0.0620. The van der Waals surface area contributed by atoms with Gasteiger partial charge in [-0.15, -0.1) is 0 Å². The van der Waals surface area contributed by atoms with Gasteiger partial charge in [0.1, 0.15) is 0 Å². The minimum atomic E-state index is -0.168. The number of benzene rings is 2. The smallest absolute Gasteiger partial charge is 0.255 e. The number of carbonyl (C=O) groups is 1. The molecule has 2 bridgehead atoms. The Morgan fingerprint density at radius 2 is 1.55 bits per heavy atom. The first-order valence-electron chi connectivity index (χ1n) is 10.7. The van der Waals surface area contributed by atoms with Crippen molar-refractivity contribution in [2.75, 3.05) is 19.6 Å². The first-order chi connectivity index (χ1) is 15.1. The number of fused-ring (bicyclic) bond motifs is 3. The van der Waals surface area contributed by atoms with Crippen LogP contribution in [0, 0.1) is 5.92 Å². The van der Waals surface area contributed by atoms with Crippen LogP contribution in [-0.4, -0.2) is 41.1 Å². The fourth-order valence-electron chi connectivity index (χ4n) is 4.66. The van der Waals surface area contributed by atoms with Gasteiger partial charge in [0.15, 0.2) is 0 Å². The number of rotatable bonds is 4. The second-order valence-corrected chi connectivity index (χ2v) is 8.83. The Morgan fingerprint density at radius 3 is 2.16 bits per heavy atom. The van der Waals surface area contributed by atoms with Gasteiger partial charge in [-0.25, -0.2) is 0 Å². The molecule has 0 saturated carbocycles. The molecule has 3 fully saturated rings. The highest BCUT2D eigenvalue weighted by molar-refractivity contribution is 6.30. The van der Waals surface area contributed by atoms with Crippen LogP contribution in [0.5, 0.6) is 0 Å². The molecular weight excluding hydrogens is 410 g/mol. The van der Waals surface area contributed by atoms with Gasteiger partial charge in [0.25, 0.3) is 11.5 Å². The molecule has 3 aliphatic heterocycles. The number of aromatic nitrogens is 1. The van der Waals surface area contributed by atoms with Gasteiger partial charge in [-0.05, 0) is 73.3 Å². The van der Waals surface area contributed by atoms with Gasteiger partial charge in [-0.1, -0.05) is 35.9 Å². The highest BCUT2D eigenvalue weighted by Gasteiger charge is 2.35. The average molecular weight is 434 g/mol. The lowest BCUT2D eigenvalue weighted by Gasteiger charge is -2.44. The van der Waals surface area contributed by atoms with E-state index in [-0.39, 0.29) is 17.5 Å². The van der Waals surface area contributed by atoms with Crippen molar-refractivity contribution < 1.29 is 4.79 Å². The number of carbonyl (C=O) groups excluding carboxylic acids is 1. The van der Waals surface area contributed by atoms with Crippen molar-refractivity contribution in [3.05, 3.63) is 87.8 Å². The zero-order chi connectivity index (χ0) is 21.4. The van der Waals surface area contributed by atoms with Crippen molar-refractivity contribution in [2.45, 2.75) is 18.9 Å². The van der Waals surface area contributed by atoms with Gasteiger partial charge in [0.05, 0.1) is 5.56 Å². The predicted octanol–water partition coefficient (Wildman–Crippen LogP) is 3.98. The van der Waals surface area contributed by atoms with Crippen LogP contribution >= 0.6 is 11.6 Å². The molecule has 0 spiro atoms. The third-order valence-electron chi connectivity index (χ3n) is 6.47. The number of piperidine rings is 3. The molecule has 4 heterocycles. The normalized spacial score (nSPS) is 22.3. The zero-order valence-corrected chi connectivity index (χ0v) is 17.9. The van der Waals surface area contributed by atoms with Crippen molar-refractivity contribution in [3.8, 4) is 16.8 Å². The van der Waals surface area contributed by atoms with Crippen LogP contribution in [-0.2, 0) is 0 Å². The molecule has 6 heteroatoms. The van der Waals surface area contributed by atoms with Gasteiger partial charge >= 0.3 is 0 Å². The van der Waals surface area contributed by atoms with Crippen LogP contribution in [0.25, 0.3) is 16.8 Å². The van der Waals surface area contributed by atoms with Crippen molar-refractivity contribution in [1.29, 1.82) is 0 Å². The van der Waals surface area contributed by atoms with Crippen molar-refractivity contribution in [1.82, 2.24) is 14.8 Å². The Balaban J connectivity index is 1.36. The van der Waals surface area contributed by atoms with E-state index in [1.807, 2.05) is 48.5 Å². The summed E-state index contributed by atoms with van der Waals surface area (Å²) in [7, 11) is 0. The molecule has 31 heavy (non-hydrogen) atoms. The molecular formula is C25H24ClN3O2. The molecule has 1 unspecified atom stereocenters. The Bertz CT molecular complexity index is 1150. The molecule has 3 saturated heterocycles. The first-order valence-corrected chi connectivity index (χ1v) is 11.1. The highest BCUT2D eigenvalue weighted by Crippen LogP contribution is 2.27. The fraction of sp³-hybridized carbons (Fsp3) is 0.280. The molecule has 1 aromatic heterocycles. The van der Waals surface area contributed by atoms with Crippen molar-refractivity contribution in [3.63, 3.8) is 0 Å². The fourth-order valence-corrected chi connectivity index (χ4v) is 4.79. The van der Waals surface area contributed by atoms with Crippen LogP contribution in [0.2, 0.25) is 5.02 Å². The summed E-state index contributed by atoms with van der Waals surface area (Å²) in [6.07, 6.45) is 3.92. The minimum absolute atomic E-state index is 0.120. The van der Waals surface area contributed by atoms with E-state index in [1.54, 1.807) is 12.3 Å². The molecule has 1 N–H and O–H groups in total. The van der Waals surface area contributed by atoms with Crippen molar-refractivity contribution in [2.24, 2.45) is 5.92 Å². The number of nitrogens with one attached hydrogen (secondary N) is 1. The van der Waals surface area contributed by atoms with E-state index in [0.717, 1.165) is 49.3 Å². The Morgan fingerprint density at radius 1 is 0.903 bits per heavy atom. The number of pyridine rings is 1. The van der Waals surface area contributed by atoms with E-state index < -0.39 is 0 Å². The van der Waals surface area contributed by atoms with Crippen molar-refractivity contribution >= 4 is 17.5 Å². The quantitative estimate of drug-likeness (QED) is 0.677. The highest BCUT2D eigenvalue weighted by atomic mass is 35.5. The molecule has 0 aliphatic carbocycles. The summed E-state index contributed by atoms with van der Waals surface area (Å²) in [6, 6.07) is 18.6. The van der Waals surface area contributed by atoms with E-state index >= 15 is 0 Å². The van der Waals surface area contributed by atoms with Gasteiger partial charge in [-0.2, -0.15) is 0 Å². The first kappa shape index (κ1) is 20.0. The number of hydrogen-bond donors (Lipinski definition) is 1. The summed E-state index contributed by atoms with van der Waals surface area (Å²) >= 11 is 5.97. The van der Waals surface area contributed by atoms with E-state index in [9.17, 15) is 9.59 Å². The van der Waals surface area contributed by atoms with Gasteiger partial charge in [0, 0.05) is 35.6 Å². The standard InChI is InChI=1S/C25H24ClN3O2/c26-21-6-1-17(2-7-21)18-3-8-22(9-4-18)29-15-20(5-10-24(29)30)25(31)27-23-16-28-13-11-19(23)12-14-28/h1-10,15,19,23H,11-14,16H2,(H,27,31). The zero-order valence-electron chi connectivity index (χ0n) is 17.1. The average Bonchev–Trinajstić information content (AvgIpc) is 2.81. The van der Waals surface area contributed by atoms with Crippen LogP contribution in [0.1, 0.15) is 23.2 Å². The molecule has 158 valence electrons. The summed E-state index contributed by atoms with van der Waals surface area (Å²) in [4.78, 5) is 27.8. The molecule has 1 amide bonds. The van der Waals surface area contributed by atoms with Gasteiger partial charge in [-0.3, -0.25) is 14.2 Å². The van der Waals surface area contributed by atoms with E-state index in [4.69, 9.17) is 11.6 Å². The van der Waals surface area contributed by atoms with Gasteiger partial charge in [0.2, 0.25) is 0 Å². The largest absolute Gasteiger partial charge is 0.348 e. The SMILES string of the molecule is O=C(NC1CN2CCC1CC2)c1ccc(=O)n(-c2ccc(-c3ccc(Cl)cc3)cc2)c1. The van der Waals surface area contributed by atoms with Crippen LogP contribution in [0.15, 0.2) is 71.7 Å². The number of nitrogens with zero attached hydrogens (tertiary/aromatic N) is 2. The summed E-state index contributed by atoms with van der Waals surface area (Å²) in [5, 5.41) is 3.89. The summed E-state index contributed by atoms with van der Waals surface area (Å²) in [5.74, 6) is 0.436. The van der Waals surface area contributed by atoms with E-state index in [1.165, 1.54) is 10.6 Å². The lowest BCUT2D eigenvalue weighted by atomic mass is 9.84. The molecule has 3 aromatic rings. The maximum Gasteiger partial charge on any atom is 0.255 e. The predicted molar refractivity (Wildman–Crippen MR) is 123 cm³/mol. The molecule has 1 atom stereocenters. The third kappa shape index (κ3) is 4.16. The maximum absolute atomic E-state index is 12.9. The number of amides is 1. The minimum Gasteiger partial charge on any atom is -0.348 e. The maximum atomic E-state index is 12.9. The van der Waals surface area contributed by atoms with Crippen LogP contribution in [0.4, 0.5) is 0 Å². The lowest BCUT2D eigenvalue weighted by Crippen LogP contribution is -2.57. The monoisotopic (exact) mass is 433 g/mol. The summed E-state index contributed by atoms with van der Waals surface area (Å²) in [6.45, 7) is 3.18. The molecule has 2 aromatic carbocycles. The molecule has 0 radical (unpaired) electrons. The second-order valence-electron chi connectivity index (χ2n) is 8.40. The van der Waals surface area contributed by atoms with E-state index in [0.29, 0.717) is 16.5 Å². The van der Waals surface area contributed by atoms with Gasteiger partial charge < -0.3 is 10.2 Å². The second kappa shape index (κ2) is 8.33. The third-order valence-corrected chi connectivity index (χ3v) is 6.72. The summed E-state index contributed by atoms with van der Waals surface area (Å²) < 4.78 is 1.52. The van der Waals surface area contributed by atoms with Crippen LogP contribution in [0.3, 0.4) is 0 Å².